The van der Waals surface area contributed by atoms with Crippen molar-refractivity contribution in [3.63, 3.8) is 0 Å². The molecule has 0 saturated heterocycles. The molecule has 2 unspecified atom stereocenters. The molecule has 2 rings (SSSR count). The molecule has 2 N–H and O–H groups in total. The van der Waals surface area contributed by atoms with E-state index in [1.165, 1.54) is 22.6 Å². The lowest BCUT2D eigenvalue weighted by molar-refractivity contribution is 0.175. The third-order valence-electron chi connectivity index (χ3n) is 3.07. The molecule has 1 aliphatic rings. The number of fused-ring (bicyclic) bond motifs is 1. The van der Waals surface area contributed by atoms with Crippen molar-refractivity contribution in [2.24, 2.45) is 5.73 Å². The van der Waals surface area contributed by atoms with Gasteiger partial charge in [-0.1, -0.05) is 18.2 Å². The molecule has 1 heterocycles. The first kappa shape index (κ1) is 12.0. The van der Waals surface area contributed by atoms with Crippen LogP contribution in [0, 0.1) is 0 Å². The molecule has 0 aliphatic carbocycles. The number of ether oxygens (including phenoxy) is 1. The van der Waals surface area contributed by atoms with Crippen LogP contribution in [0.1, 0.15) is 24.3 Å². The Hall–Kier alpha value is -0.510. The fourth-order valence-corrected chi connectivity index (χ4v) is 3.48. The van der Waals surface area contributed by atoms with E-state index in [4.69, 9.17) is 10.5 Å². The summed E-state index contributed by atoms with van der Waals surface area (Å²) in [5.41, 5.74) is 7.46. The van der Waals surface area contributed by atoms with Crippen LogP contribution in [0.4, 0.5) is 0 Å². The minimum Gasteiger partial charge on any atom is -0.383 e. The Balaban J connectivity index is 1.88. The Morgan fingerprint density at radius 3 is 3.12 bits per heavy atom. The van der Waals surface area contributed by atoms with E-state index in [-0.39, 0.29) is 6.04 Å². The van der Waals surface area contributed by atoms with E-state index in [1.807, 2.05) is 11.8 Å². The summed E-state index contributed by atoms with van der Waals surface area (Å²) in [6.07, 6.45) is 2.22. The van der Waals surface area contributed by atoms with Gasteiger partial charge in [0.1, 0.15) is 0 Å². The van der Waals surface area contributed by atoms with Crippen molar-refractivity contribution < 1.29 is 4.74 Å². The van der Waals surface area contributed by atoms with E-state index < -0.39 is 0 Å². The topological polar surface area (TPSA) is 35.2 Å². The zero-order chi connectivity index (χ0) is 11.4. The van der Waals surface area contributed by atoms with Crippen molar-refractivity contribution in [3.8, 4) is 0 Å². The van der Waals surface area contributed by atoms with Crippen molar-refractivity contribution in [3.05, 3.63) is 29.8 Å². The van der Waals surface area contributed by atoms with Crippen LogP contribution in [0.5, 0.6) is 0 Å². The van der Waals surface area contributed by atoms with Crippen LogP contribution in [-0.4, -0.2) is 25.5 Å². The van der Waals surface area contributed by atoms with Gasteiger partial charge in [-0.2, -0.15) is 0 Å². The second-order valence-electron chi connectivity index (χ2n) is 4.34. The van der Waals surface area contributed by atoms with Crippen molar-refractivity contribution in [2.75, 3.05) is 19.5 Å². The molecule has 88 valence electrons. The maximum Gasteiger partial charge on any atom is 0.0613 e. The first-order chi connectivity index (χ1) is 7.81. The van der Waals surface area contributed by atoms with E-state index in [9.17, 15) is 0 Å². The zero-order valence-electron chi connectivity index (χ0n) is 9.69. The minimum absolute atomic E-state index is 0.183. The number of rotatable bonds is 5. The lowest BCUT2D eigenvalue weighted by Gasteiger charge is -2.14. The summed E-state index contributed by atoms with van der Waals surface area (Å²) in [6, 6.07) is 8.90. The van der Waals surface area contributed by atoms with Gasteiger partial charge in [-0.05, 0) is 30.4 Å². The fraction of sp³-hybridized carbons (Fsp3) is 0.538. The molecule has 0 bridgehead atoms. The molecule has 3 heteroatoms. The second kappa shape index (κ2) is 5.71. The lowest BCUT2D eigenvalue weighted by Crippen LogP contribution is -2.26. The van der Waals surface area contributed by atoms with Crippen molar-refractivity contribution in [1.82, 2.24) is 0 Å². The standard InChI is InChI=1S/C13H19NOS/c1-15-8-11(14)7-6-10-9-16-13-5-3-2-4-12(10)13/h2-5,10-11H,6-9,14H2,1H3. The molecule has 1 aromatic carbocycles. The smallest absolute Gasteiger partial charge is 0.0613 e. The van der Waals surface area contributed by atoms with Gasteiger partial charge in [0, 0.05) is 23.8 Å². The Bertz CT molecular complexity index is 342. The predicted molar refractivity (Wildman–Crippen MR) is 69.0 cm³/mol. The highest BCUT2D eigenvalue weighted by Gasteiger charge is 2.22. The Morgan fingerprint density at radius 1 is 1.50 bits per heavy atom. The molecule has 0 saturated carbocycles. The van der Waals surface area contributed by atoms with Gasteiger partial charge in [0.05, 0.1) is 6.61 Å². The highest BCUT2D eigenvalue weighted by atomic mass is 32.2. The molecule has 0 spiro atoms. The van der Waals surface area contributed by atoms with Gasteiger partial charge in [-0.25, -0.2) is 0 Å². The van der Waals surface area contributed by atoms with E-state index in [1.54, 1.807) is 7.11 Å². The summed E-state index contributed by atoms with van der Waals surface area (Å²) in [7, 11) is 1.71. The van der Waals surface area contributed by atoms with E-state index in [2.05, 4.69) is 24.3 Å². The summed E-state index contributed by atoms with van der Waals surface area (Å²) in [5.74, 6) is 1.89. The number of hydrogen-bond donors (Lipinski definition) is 1. The van der Waals surface area contributed by atoms with Gasteiger partial charge in [0.2, 0.25) is 0 Å². The molecule has 0 fully saturated rings. The lowest BCUT2D eigenvalue weighted by atomic mass is 9.94. The maximum absolute atomic E-state index is 5.95. The van der Waals surface area contributed by atoms with Crippen LogP contribution < -0.4 is 5.73 Å². The van der Waals surface area contributed by atoms with Gasteiger partial charge in [0.15, 0.2) is 0 Å². The molecular formula is C13H19NOS. The predicted octanol–water partition coefficient (Wildman–Crippen LogP) is 2.63. The summed E-state index contributed by atoms with van der Waals surface area (Å²) in [6.45, 7) is 0.668. The summed E-state index contributed by atoms with van der Waals surface area (Å²) in [4.78, 5) is 1.45. The maximum atomic E-state index is 5.95. The normalized spacial score (nSPS) is 20.8. The average Bonchev–Trinajstić information content (AvgIpc) is 2.70. The second-order valence-corrected chi connectivity index (χ2v) is 5.40. The molecule has 2 atom stereocenters. The van der Waals surface area contributed by atoms with E-state index >= 15 is 0 Å². The number of hydrogen-bond acceptors (Lipinski definition) is 3. The Labute approximate surface area is 102 Å². The largest absolute Gasteiger partial charge is 0.383 e. The monoisotopic (exact) mass is 237 g/mol. The number of thioether (sulfide) groups is 1. The van der Waals surface area contributed by atoms with Gasteiger partial charge in [0.25, 0.3) is 0 Å². The molecule has 0 aromatic heterocycles. The molecule has 0 amide bonds. The summed E-state index contributed by atoms with van der Waals surface area (Å²) in [5, 5.41) is 0. The minimum atomic E-state index is 0.183. The van der Waals surface area contributed by atoms with Gasteiger partial charge >= 0.3 is 0 Å². The first-order valence-electron chi connectivity index (χ1n) is 5.77. The van der Waals surface area contributed by atoms with Gasteiger partial charge in [-0.3, -0.25) is 0 Å². The van der Waals surface area contributed by atoms with Crippen LogP contribution in [0.2, 0.25) is 0 Å². The van der Waals surface area contributed by atoms with Crippen LogP contribution in [0.25, 0.3) is 0 Å². The molecule has 16 heavy (non-hydrogen) atoms. The van der Waals surface area contributed by atoms with Gasteiger partial charge < -0.3 is 10.5 Å². The first-order valence-corrected chi connectivity index (χ1v) is 6.76. The quantitative estimate of drug-likeness (QED) is 0.855. The van der Waals surface area contributed by atoms with E-state index in [0.29, 0.717) is 12.5 Å². The SMILES string of the molecule is COCC(N)CCC1CSc2ccccc21. The average molecular weight is 237 g/mol. The highest BCUT2D eigenvalue weighted by molar-refractivity contribution is 7.99. The van der Waals surface area contributed by atoms with Gasteiger partial charge in [-0.15, -0.1) is 11.8 Å². The van der Waals surface area contributed by atoms with Crippen LogP contribution >= 0.6 is 11.8 Å². The molecule has 0 radical (unpaired) electrons. The van der Waals surface area contributed by atoms with Crippen LogP contribution in [-0.2, 0) is 4.74 Å². The van der Waals surface area contributed by atoms with E-state index in [0.717, 1.165) is 6.42 Å². The van der Waals surface area contributed by atoms with Crippen molar-refractivity contribution >= 4 is 11.8 Å². The Morgan fingerprint density at radius 2 is 2.31 bits per heavy atom. The molecule has 1 aromatic rings. The fourth-order valence-electron chi connectivity index (χ4n) is 2.18. The highest BCUT2D eigenvalue weighted by Crippen LogP contribution is 2.41. The Kier molecular flexibility index (Phi) is 4.27. The molecule has 1 aliphatic heterocycles. The number of benzene rings is 1. The third-order valence-corrected chi connectivity index (χ3v) is 4.32. The molecular weight excluding hydrogens is 218 g/mol. The molecule has 2 nitrogen and oxygen atoms in total. The van der Waals surface area contributed by atoms with Crippen molar-refractivity contribution in [1.29, 1.82) is 0 Å². The van der Waals surface area contributed by atoms with Crippen LogP contribution in [0.15, 0.2) is 29.2 Å². The van der Waals surface area contributed by atoms with Crippen molar-refractivity contribution in [2.45, 2.75) is 29.7 Å². The third kappa shape index (κ3) is 2.78. The van der Waals surface area contributed by atoms with Crippen LogP contribution in [0.3, 0.4) is 0 Å². The summed E-state index contributed by atoms with van der Waals surface area (Å²) < 4.78 is 5.06. The number of nitrogens with two attached hydrogens (primary N) is 1. The number of methoxy groups -OCH3 is 1. The summed E-state index contributed by atoms with van der Waals surface area (Å²) >= 11 is 1.97. The zero-order valence-corrected chi connectivity index (χ0v) is 10.5.